The van der Waals surface area contributed by atoms with Crippen LogP contribution in [0.3, 0.4) is 0 Å². The Hall–Kier alpha value is -2.99. The van der Waals surface area contributed by atoms with Crippen LogP contribution in [0.15, 0.2) is 71.8 Å². The Kier molecular flexibility index (Phi) is 7.36. The van der Waals surface area contributed by atoms with E-state index in [9.17, 15) is 13.2 Å². The van der Waals surface area contributed by atoms with Gasteiger partial charge in [-0.15, -0.1) is 0 Å². The molecule has 0 N–H and O–H groups in total. The van der Waals surface area contributed by atoms with Crippen molar-refractivity contribution in [2.24, 2.45) is 0 Å². The fourth-order valence-corrected chi connectivity index (χ4v) is 4.40. The molecule has 0 aliphatic heterocycles. The molecule has 0 saturated carbocycles. The van der Waals surface area contributed by atoms with E-state index in [0.29, 0.717) is 23.6 Å². The van der Waals surface area contributed by atoms with Crippen molar-refractivity contribution in [1.29, 1.82) is 0 Å². The maximum atomic E-state index is 12.5. The molecule has 0 aliphatic rings. The van der Waals surface area contributed by atoms with Crippen molar-refractivity contribution in [1.82, 2.24) is 4.98 Å². The fourth-order valence-electron chi connectivity index (χ4n) is 3.10. The Morgan fingerprint density at radius 3 is 2.37 bits per heavy atom. The molecule has 0 radical (unpaired) electrons. The molecular formula is C24H25NO4S. The van der Waals surface area contributed by atoms with Crippen LogP contribution in [0.1, 0.15) is 43.0 Å². The minimum atomic E-state index is -3.33. The predicted octanol–water partition coefficient (Wildman–Crippen LogP) is 5.71. The first kappa shape index (κ1) is 21.7. The molecule has 1 heterocycles. The smallest absolute Gasteiger partial charge is 0.219 e. The van der Waals surface area contributed by atoms with Crippen molar-refractivity contribution in [2.75, 3.05) is 5.75 Å². The normalized spacial score (nSPS) is 11.2. The van der Waals surface area contributed by atoms with Gasteiger partial charge in [-0.1, -0.05) is 68.7 Å². The first-order chi connectivity index (χ1) is 14.5. The van der Waals surface area contributed by atoms with E-state index < -0.39 is 9.84 Å². The lowest BCUT2D eigenvalue weighted by atomic mass is 10.0. The number of nitrogens with zero attached hydrogens (tertiary/aromatic N) is 1. The number of para-hydroxylation sites is 1. The van der Waals surface area contributed by atoms with Gasteiger partial charge in [0.15, 0.2) is 9.84 Å². The number of carbonyl (C=O) groups is 1. The fraction of sp³-hybridized carbons (Fsp3) is 0.250. The number of hydrogen-bond donors (Lipinski definition) is 0. The summed E-state index contributed by atoms with van der Waals surface area (Å²) in [5.41, 5.74) is 2.36. The van der Waals surface area contributed by atoms with E-state index in [1.165, 1.54) is 6.20 Å². The summed E-state index contributed by atoms with van der Waals surface area (Å²) in [6.07, 6.45) is 5.83. The second kappa shape index (κ2) is 10.2. The van der Waals surface area contributed by atoms with Crippen molar-refractivity contribution in [3.8, 4) is 22.8 Å². The Balaban J connectivity index is 1.75. The van der Waals surface area contributed by atoms with Gasteiger partial charge in [-0.25, -0.2) is 13.4 Å². The van der Waals surface area contributed by atoms with E-state index in [0.717, 1.165) is 36.7 Å². The van der Waals surface area contributed by atoms with Crippen LogP contribution in [0.4, 0.5) is 0 Å². The van der Waals surface area contributed by atoms with Gasteiger partial charge in [0.1, 0.15) is 12.0 Å². The summed E-state index contributed by atoms with van der Waals surface area (Å²) in [5.74, 6) is 1.05. The van der Waals surface area contributed by atoms with Crippen LogP contribution in [0, 0.1) is 0 Å². The van der Waals surface area contributed by atoms with Crippen LogP contribution in [-0.4, -0.2) is 25.4 Å². The summed E-state index contributed by atoms with van der Waals surface area (Å²) in [6.45, 7) is 2.09. The third-order valence-corrected chi connectivity index (χ3v) is 6.58. The first-order valence-electron chi connectivity index (χ1n) is 10.0. The van der Waals surface area contributed by atoms with Crippen LogP contribution >= 0.6 is 0 Å². The molecule has 0 fully saturated rings. The zero-order valence-corrected chi connectivity index (χ0v) is 17.8. The van der Waals surface area contributed by atoms with Crippen LogP contribution < -0.4 is 4.74 Å². The monoisotopic (exact) mass is 423 g/mol. The maximum absolute atomic E-state index is 12.5. The molecule has 0 spiro atoms. The topological polar surface area (TPSA) is 73.3 Å². The van der Waals surface area contributed by atoms with Gasteiger partial charge in [0.2, 0.25) is 5.88 Å². The quantitative estimate of drug-likeness (QED) is 0.309. The molecule has 0 bridgehead atoms. The zero-order chi connectivity index (χ0) is 21.4. The highest BCUT2D eigenvalue weighted by molar-refractivity contribution is 7.91. The van der Waals surface area contributed by atoms with Crippen LogP contribution in [0.2, 0.25) is 0 Å². The average Bonchev–Trinajstić information content (AvgIpc) is 2.78. The lowest BCUT2D eigenvalue weighted by Crippen LogP contribution is -2.07. The second-order valence-corrected chi connectivity index (χ2v) is 9.16. The molecular weight excluding hydrogens is 398 g/mol. The number of benzene rings is 2. The summed E-state index contributed by atoms with van der Waals surface area (Å²) in [7, 11) is -3.33. The Labute approximate surface area is 177 Å². The molecule has 2 aromatic carbocycles. The molecule has 0 amide bonds. The Morgan fingerprint density at radius 1 is 0.933 bits per heavy atom. The van der Waals surface area contributed by atoms with E-state index in [2.05, 4.69) is 11.9 Å². The van der Waals surface area contributed by atoms with Gasteiger partial charge >= 0.3 is 0 Å². The van der Waals surface area contributed by atoms with Crippen molar-refractivity contribution in [3.05, 3.63) is 72.4 Å². The zero-order valence-electron chi connectivity index (χ0n) is 17.0. The molecule has 1 aromatic heterocycles. The van der Waals surface area contributed by atoms with Crippen LogP contribution in [-0.2, 0) is 9.84 Å². The van der Waals surface area contributed by atoms with Gasteiger partial charge in [-0.2, -0.15) is 0 Å². The summed E-state index contributed by atoms with van der Waals surface area (Å²) in [6, 6.07) is 17.8. The van der Waals surface area contributed by atoms with Crippen LogP contribution in [0.5, 0.6) is 11.6 Å². The lowest BCUT2D eigenvalue weighted by molar-refractivity contribution is 0.112. The summed E-state index contributed by atoms with van der Waals surface area (Å²) >= 11 is 0. The third-order valence-electron chi connectivity index (χ3n) is 4.79. The van der Waals surface area contributed by atoms with E-state index in [1.807, 2.05) is 36.4 Å². The van der Waals surface area contributed by atoms with Crippen molar-refractivity contribution in [3.63, 3.8) is 0 Å². The Morgan fingerprint density at radius 2 is 1.70 bits per heavy atom. The summed E-state index contributed by atoms with van der Waals surface area (Å²) < 4.78 is 30.8. The minimum Gasteiger partial charge on any atom is -0.438 e. The minimum absolute atomic E-state index is 0.133. The number of pyridine rings is 1. The molecule has 0 atom stereocenters. The number of rotatable bonds is 10. The van der Waals surface area contributed by atoms with E-state index >= 15 is 0 Å². The Bertz CT molecular complexity index is 1070. The van der Waals surface area contributed by atoms with Gasteiger partial charge in [-0.05, 0) is 24.1 Å². The van der Waals surface area contributed by atoms with Crippen molar-refractivity contribution >= 4 is 16.1 Å². The van der Waals surface area contributed by atoms with Gasteiger partial charge < -0.3 is 4.74 Å². The van der Waals surface area contributed by atoms with Gasteiger partial charge in [0.25, 0.3) is 0 Å². The molecule has 5 nitrogen and oxygen atoms in total. The average molecular weight is 424 g/mol. The van der Waals surface area contributed by atoms with Crippen LogP contribution in [0.25, 0.3) is 11.1 Å². The molecule has 6 heteroatoms. The summed E-state index contributed by atoms with van der Waals surface area (Å²) in [4.78, 5) is 15.3. The molecule has 0 saturated heterocycles. The lowest BCUT2D eigenvalue weighted by Gasteiger charge is -2.11. The molecule has 0 aliphatic carbocycles. The first-order valence-corrected chi connectivity index (χ1v) is 11.7. The van der Waals surface area contributed by atoms with Crippen molar-refractivity contribution < 1.29 is 17.9 Å². The SMILES string of the molecule is CCCCCCS(=O)(=O)c1ccc(Oc2ccccc2-c2ccc(C=O)cc2)nc1. The standard InChI is InChI=1S/C24H25NO4S/c1-2-3-4-7-16-30(27,28)21-14-15-24(25-17-21)29-23-9-6-5-8-22(23)20-12-10-19(18-26)11-13-20/h5-6,8-15,17-18H,2-4,7,16H2,1H3. The molecule has 156 valence electrons. The molecule has 3 aromatic rings. The van der Waals surface area contributed by atoms with Gasteiger partial charge in [-0.3, -0.25) is 4.79 Å². The summed E-state index contributed by atoms with van der Waals surface area (Å²) in [5, 5.41) is 0. The number of aromatic nitrogens is 1. The number of sulfone groups is 1. The molecule has 30 heavy (non-hydrogen) atoms. The largest absolute Gasteiger partial charge is 0.438 e. The van der Waals surface area contributed by atoms with E-state index in [1.54, 1.807) is 24.3 Å². The van der Waals surface area contributed by atoms with E-state index in [4.69, 9.17) is 4.74 Å². The number of aldehydes is 1. The second-order valence-electron chi connectivity index (χ2n) is 7.05. The molecule has 3 rings (SSSR count). The highest BCUT2D eigenvalue weighted by Gasteiger charge is 2.15. The number of ether oxygens (including phenoxy) is 1. The van der Waals surface area contributed by atoms with E-state index in [-0.39, 0.29) is 10.6 Å². The highest BCUT2D eigenvalue weighted by Crippen LogP contribution is 2.32. The van der Waals surface area contributed by atoms with Gasteiger partial charge in [0.05, 0.1) is 10.6 Å². The third kappa shape index (κ3) is 5.54. The number of hydrogen-bond acceptors (Lipinski definition) is 5. The maximum Gasteiger partial charge on any atom is 0.219 e. The van der Waals surface area contributed by atoms with Crippen molar-refractivity contribution in [2.45, 2.75) is 37.5 Å². The number of carbonyl (C=O) groups excluding carboxylic acids is 1. The number of unbranched alkanes of at least 4 members (excludes halogenated alkanes) is 3. The van der Waals surface area contributed by atoms with Gasteiger partial charge in [0, 0.05) is 23.4 Å². The highest BCUT2D eigenvalue weighted by atomic mass is 32.2. The predicted molar refractivity (Wildman–Crippen MR) is 118 cm³/mol. The molecule has 0 unspecified atom stereocenters.